The molecule has 1 atom stereocenters. The maximum absolute atomic E-state index is 11.2. The van der Waals surface area contributed by atoms with Crippen LogP contribution >= 0.6 is 0 Å². The molecule has 0 aromatic heterocycles. The van der Waals surface area contributed by atoms with Gasteiger partial charge in [-0.1, -0.05) is 13.8 Å². The van der Waals surface area contributed by atoms with Crippen molar-refractivity contribution < 1.29 is 14.3 Å². The van der Waals surface area contributed by atoms with Crippen LogP contribution in [0.4, 0.5) is 0 Å². The highest BCUT2D eigenvalue weighted by atomic mass is 16.5. The minimum atomic E-state index is -0.502. The molecule has 0 aromatic rings. The quantitative estimate of drug-likeness (QED) is 0.492. The lowest BCUT2D eigenvalue weighted by atomic mass is 10.0. The number of nitrogens with one attached hydrogen (secondary N) is 1. The van der Waals surface area contributed by atoms with Gasteiger partial charge in [-0.15, -0.1) is 0 Å². The van der Waals surface area contributed by atoms with Gasteiger partial charge in [0, 0.05) is 0 Å². The van der Waals surface area contributed by atoms with Gasteiger partial charge in [-0.05, 0) is 19.3 Å². The minimum absolute atomic E-state index is 0.341. The monoisotopic (exact) mass is 187 g/mol. The third-order valence-electron chi connectivity index (χ3n) is 1.55. The molecule has 0 heterocycles. The molecule has 0 aliphatic rings. The van der Waals surface area contributed by atoms with Crippen LogP contribution in [0.1, 0.15) is 27.2 Å². The fraction of sp³-hybridized carbons (Fsp3) is 0.778. The lowest BCUT2D eigenvalue weighted by Gasteiger charge is -2.16. The zero-order valence-corrected chi connectivity index (χ0v) is 8.37. The molecule has 76 valence electrons. The van der Waals surface area contributed by atoms with E-state index in [4.69, 9.17) is 4.74 Å². The van der Waals surface area contributed by atoms with Crippen LogP contribution in [0.25, 0.3) is 0 Å². The molecule has 0 saturated heterocycles. The third-order valence-corrected chi connectivity index (χ3v) is 1.55. The summed E-state index contributed by atoms with van der Waals surface area (Å²) in [6.07, 6.45) is 1.14. The second-order valence-electron chi connectivity index (χ2n) is 3.22. The number of carbonyl (C=O) groups excluding carboxylic acids is 2. The Morgan fingerprint density at radius 3 is 2.54 bits per heavy atom. The molecular weight excluding hydrogens is 170 g/mol. The number of esters is 1. The van der Waals surface area contributed by atoms with E-state index in [9.17, 15) is 9.59 Å². The van der Waals surface area contributed by atoms with Crippen molar-refractivity contribution in [1.29, 1.82) is 0 Å². The molecule has 13 heavy (non-hydrogen) atoms. The lowest BCUT2D eigenvalue weighted by Crippen LogP contribution is -2.38. The van der Waals surface area contributed by atoms with E-state index >= 15 is 0 Å². The molecule has 0 aliphatic carbocycles. The third kappa shape index (κ3) is 5.22. The van der Waals surface area contributed by atoms with Crippen LogP contribution in [0, 0.1) is 5.92 Å². The normalized spacial score (nSPS) is 12.3. The summed E-state index contributed by atoms with van der Waals surface area (Å²) < 4.78 is 4.80. The molecule has 0 aliphatic heterocycles. The minimum Gasteiger partial charge on any atom is -0.464 e. The van der Waals surface area contributed by atoms with Crippen molar-refractivity contribution in [2.24, 2.45) is 5.92 Å². The van der Waals surface area contributed by atoms with Gasteiger partial charge in [-0.3, -0.25) is 4.79 Å². The molecule has 1 N–H and O–H groups in total. The fourth-order valence-electron chi connectivity index (χ4n) is 1.03. The van der Waals surface area contributed by atoms with Gasteiger partial charge in [0.05, 0.1) is 6.61 Å². The van der Waals surface area contributed by atoms with Gasteiger partial charge in [-0.2, -0.15) is 0 Å². The first-order chi connectivity index (χ1) is 6.11. The Balaban J connectivity index is 4.05. The van der Waals surface area contributed by atoms with Gasteiger partial charge in [-0.25, -0.2) is 4.79 Å². The lowest BCUT2D eigenvalue weighted by molar-refractivity contribution is -0.146. The molecule has 0 unspecified atom stereocenters. The molecule has 0 radical (unpaired) electrons. The topological polar surface area (TPSA) is 55.4 Å². The van der Waals surface area contributed by atoms with Crippen molar-refractivity contribution in [2.45, 2.75) is 33.2 Å². The van der Waals surface area contributed by atoms with Gasteiger partial charge in [0.1, 0.15) is 6.04 Å². The summed E-state index contributed by atoms with van der Waals surface area (Å²) in [6.45, 7) is 6.05. The Hall–Kier alpha value is -1.06. The van der Waals surface area contributed by atoms with Gasteiger partial charge in [0.25, 0.3) is 0 Å². The first kappa shape index (κ1) is 11.9. The van der Waals surface area contributed by atoms with Gasteiger partial charge in [0.15, 0.2) is 0 Å². The second kappa shape index (κ2) is 6.46. The first-order valence-electron chi connectivity index (χ1n) is 4.48. The zero-order chi connectivity index (χ0) is 10.3. The van der Waals surface area contributed by atoms with Crippen LogP contribution in [0.15, 0.2) is 0 Å². The Labute approximate surface area is 78.6 Å². The van der Waals surface area contributed by atoms with E-state index in [-0.39, 0.29) is 5.97 Å². The van der Waals surface area contributed by atoms with Crippen LogP contribution in [0.2, 0.25) is 0 Å². The fourth-order valence-corrected chi connectivity index (χ4v) is 1.03. The van der Waals surface area contributed by atoms with Crippen molar-refractivity contribution in [3.05, 3.63) is 0 Å². The van der Waals surface area contributed by atoms with Crippen molar-refractivity contribution in [1.82, 2.24) is 5.32 Å². The summed E-state index contributed by atoms with van der Waals surface area (Å²) in [4.78, 5) is 21.4. The second-order valence-corrected chi connectivity index (χ2v) is 3.22. The maximum atomic E-state index is 11.2. The van der Waals surface area contributed by atoms with Crippen molar-refractivity contribution >= 4 is 12.4 Å². The highest BCUT2D eigenvalue weighted by molar-refractivity contribution is 5.78. The highest BCUT2D eigenvalue weighted by Gasteiger charge is 2.19. The predicted octanol–water partition coefficient (Wildman–Crippen LogP) is 0.710. The van der Waals surface area contributed by atoms with Crippen LogP contribution in [-0.4, -0.2) is 25.0 Å². The largest absolute Gasteiger partial charge is 0.464 e. The Morgan fingerprint density at radius 2 is 2.15 bits per heavy atom. The SMILES string of the molecule is CCOC(=O)[C@H](CC(C)C)NC=O. The average molecular weight is 187 g/mol. The molecule has 4 heteroatoms. The summed E-state index contributed by atoms with van der Waals surface area (Å²) in [7, 11) is 0. The van der Waals surface area contributed by atoms with Crippen LogP contribution in [-0.2, 0) is 14.3 Å². The molecule has 1 amide bonds. The molecular formula is C9H17NO3. The van der Waals surface area contributed by atoms with Gasteiger partial charge < -0.3 is 10.1 Å². The number of hydrogen-bond donors (Lipinski definition) is 1. The van der Waals surface area contributed by atoms with E-state index in [0.29, 0.717) is 25.4 Å². The van der Waals surface area contributed by atoms with E-state index in [1.54, 1.807) is 6.92 Å². The molecule has 0 fully saturated rings. The molecule has 0 spiro atoms. The van der Waals surface area contributed by atoms with Crippen molar-refractivity contribution in [3.8, 4) is 0 Å². The number of amides is 1. The van der Waals surface area contributed by atoms with E-state index in [0.717, 1.165) is 0 Å². The van der Waals surface area contributed by atoms with Crippen molar-refractivity contribution in [3.63, 3.8) is 0 Å². The highest BCUT2D eigenvalue weighted by Crippen LogP contribution is 2.05. The molecule has 0 aromatic carbocycles. The summed E-state index contributed by atoms with van der Waals surface area (Å²) in [5.74, 6) is -0.00911. The smallest absolute Gasteiger partial charge is 0.328 e. The average Bonchev–Trinajstić information content (AvgIpc) is 2.03. The summed E-state index contributed by atoms with van der Waals surface area (Å²) in [5.41, 5.74) is 0. The summed E-state index contributed by atoms with van der Waals surface area (Å²) in [6, 6.07) is -0.502. The van der Waals surface area contributed by atoms with E-state index in [2.05, 4.69) is 5.32 Å². The molecule has 0 saturated carbocycles. The number of hydrogen-bond acceptors (Lipinski definition) is 3. The zero-order valence-electron chi connectivity index (χ0n) is 8.37. The molecule has 0 bridgehead atoms. The molecule has 4 nitrogen and oxygen atoms in total. The number of rotatable bonds is 6. The Bertz CT molecular complexity index is 168. The molecule has 0 rings (SSSR count). The van der Waals surface area contributed by atoms with E-state index in [1.165, 1.54) is 0 Å². The summed E-state index contributed by atoms with van der Waals surface area (Å²) >= 11 is 0. The van der Waals surface area contributed by atoms with E-state index in [1.807, 2.05) is 13.8 Å². The van der Waals surface area contributed by atoms with Crippen LogP contribution in [0.5, 0.6) is 0 Å². The van der Waals surface area contributed by atoms with Gasteiger partial charge >= 0.3 is 5.97 Å². The van der Waals surface area contributed by atoms with Crippen molar-refractivity contribution in [2.75, 3.05) is 6.61 Å². The Morgan fingerprint density at radius 1 is 1.54 bits per heavy atom. The number of ether oxygens (including phenoxy) is 1. The Kier molecular flexibility index (Phi) is 5.93. The standard InChI is InChI=1S/C9H17NO3/c1-4-13-9(12)8(10-6-11)5-7(2)3/h6-8H,4-5H2,1-3H3,(H,10,11)/t8-/m0/s1. The van der Waals surface area contributed by atoms with Crippen LogP contribution in [0.3, 0.4) is 0 Å². The van der Waals surface area contributed by atoms with E-state index < -0.39 is 6.04 Å². The van der Waals surface area contributed by atoms with Gasteiger partial charge in [0.2, 0.25) is 6.41 Å². The van der Waals surface area contributed by atoms with Crippen LogP contribution < -0.4 is 5.32 Å². The summed E-state index contributed by atoms with van der Waals surface area (Å²) in [5, 5.41) is 2.44. The first-order valence-corrected chi connectivity index (χ1v) is 4.48. The number of carbonyl (C=O) groups is 2. The predicted molar refractivity (Wildman–Crippen MR) is 49.1 cm³/mol. The maximum Gasteiger partial charge on any atom is 0.328 e.